The quantitative estimate of drug-likeness (QED) is 0.508. The summed E-state index contributed by atoms with van der Waals surface area (Å²) in [5.74, 6) is -0.547. The number of hydrogen-bond donors (Lipinski definition) is 0. The molecule has 6 heteroatoms. The van der Waals surface area contributed by atoms with Crippen LogP contribution in [0.3, 0.4) is 0 Å². The predicted molar refractivity (Wildman–Crippen MR) is 128 cm³/mol. The first kappa shape index (κ1) is 20.9. The second-order valence-corrected chi connectivity index (χ2v) is 9.50. The highest BCUT2D eigenvalue weighted by atomic mass is 32.1. The maximum Gasteiger partial charge on any atom is 0.339 e. The number of fused-ring (bicyclic) bond motifs is 2. The van der Waals surface area contributed by atoms with Gasteiger partial charge in [0.25, 0.3) is 5.91 Å². The van der Waals surface area contributed by atoms with Crippen LogP contribution in [-0.2, 0) is 16.0 Å². The highest BCUT2D eigenvalue weighted by Crippen LogP contribution is 2.38. The van der Waals surface area contributed by atoms with Crippen molar-refractivity contribution in [3.05, 3.63) is 63.5 Å². The summed E-state index contributed by atoms with van der Waals surface area (Å²) in [5.41, 5.74) is 4.27. The van der Waals surface area contributed by atoms with Crippen LogP contribution in [0.4, 0.5) is 0 Å². The SMILES string of the molecule is C[C@@H]1CCCCN1C(=O)COC(=O)c1c2c(nc3ccccc13)/C(=C/c1cccs1)CC2. The summed E-state index contributed by atoms with van der Waals surface area (Å²) >= 11 is 1.69. The van der Waals surface area contributed by atoms with Gasteiger partial charge in [0.2, 0.25) is 0 Å². The number of ether oxygens (including phenoxy) is 1. The van der Waals surface area contributed by atoms with E-state index in [1.807, 2.05) is 35.2 Å². The lowest BCUT2D eigenvalue weighted by Crippen LogP contribution is -2.44. The molecule has 0 radical (unpaired) electrons. The molecular formula is C26H26N2O3S. The van der Waals surface area contributed by atoms with Gasteiger partial charge < -0.3 is 9.64 Å². The van der Waals surface area contributed by atoms with Gasteiger partial charge in [0.1, 0.15) is 0 Å². The number of rotatable bonds is 4. The number of amides is 1. The zero-order valence-corrected chi connectivity index (χ0v) is 19.0. The van der Waals surface area contributed by atoms with Crippen LogP contribution in [0.5, 0.6) is 0 Å². The number of para-hydroxylation sites is 1. The lowest BCUT2D eigenvalue weighted by molar-refractivity contribution is -0.137. The zero-order valence-electron chi connectivity index (χ0n) is 18.2. The van der Waals surface area contributed by atoms with Crippen molar-refractivity contribution in [3.8, 4) is 0 Å². The summed E-state index contributed by atoms with van der Waals surface area (Å²) in [6.07, 6.45) is 6.89. The van der Waals surface area contributed by atoms with Gasteiger partial charge in [0, 0.05) is 22.8 Å². The van der Waals surface area contributed by atoms with Crippen molar-refractivity contribution >= 4 is 45.8 Å². The molecule has 0 N–H and O–H groups in total. The van der Waals surface area contributed by atoms with Gasteiger partial charge in [-0.1, -0.05) is 24.3 Å². The Morgan fingerprint density at radius 1 is 1.19 bits per heavy atom. The number of benzene rings is 1. The van der Waals surface area contributed by atoms with Crippen LogP contribution in [0.15, 0.2) is 41.8 Å². The molecule has 5 rings (SSSR count). The number of likely N-dealkylation sites (tertiary alicyclic amines) is 1. The minimum Gasteiger partial charge on any atom is -0.452 e. The standard InChI is InChI=1S/C26H26N2O3S/c1-17-7-4-5-13-28(17)23(29)16-31-26(30)24-20-9-2-3-10-22(20)27-25-18(11-12-21(24)25)15-19-8-6-14-32-19/h2-3,6,8-10,14-15,17H,4-5,7,11-13,16H2,1H3/b18-15+/t17-/m1/s1. The van der Waals surface area contributed by atoms with E-state index in [9.17, 15) is 9.59 Å². The summed E-state index contributed by atoms with van der Waals surface area (Å²) in [6.45, 7) is 2.58. The van der Waals surface area contributed by atoms with Crippen molar-refractivity contribution in [1.29, 1.82) is 0 Å². The van der Waals surface area contributed by atoms with E-state index in [1.54, 1.807) is 11.3 Å². The molecule has 0 saturated carbocycles. The Bertz CT molecular complexity index is 1200. The lowest BCUT2D eigenvalue weighted by Gasteiger charge is -2.33. The minimum atomic E-state index is -0.435. The van der Waals surface area contributed by atoms with Crippen LogP contribution >= 0.6 is 11.3 Å². The largest absolute Gasteiger partial charge is 0.452 e. The second-order valence-electron chi connectivity index (χ2n) is 8.52. The van der Waals surface area contributed by atoms with Crippen molar-refractivity contribution in [2.24, 2.45) is 0 Å². The van der Waals surface area contributed by atoms with E-state index < -0.39 is 5.97 Å². The fourth-order valence-electron chi connectivity index (χ4n) is 4.81. The fourth-order valence-corrected chi connectivity index (χ4v) is 5.49. The molecule has 1 aliphatic carbocycles. The van der Waals surface area contributed by atoms with E-state index in [0.29, 0.717) is 5.56 Å². The third kappa shape index (κ3) is 3.95. The third-order valence-corrected chi connectivity index (χ3v) is 7.27. The fraction of sp³-hybridized carbons (Fsp3) is 0.346. The van der Waals surface area contributed by atoms with Crippen LogP contribution in [0, 0.1) is 0 Å². The summed E-state index contributed by atoms with van der Waals surface area (Å²) in [5, 5.41) is 2.84. The Morgan fingerprint density at radius 2 is 2.06 bits per heavy atom. The highest BCUT2D eigenvalue weighted by Gasteiger charge is 2.29. The molecule has 1 aromatic carbocycles. The summed E-state index contributed by atoms with van der Waals surface area (Å²) in [7, 11) is 0. The van der Waals surface area contributed by atoms with Crippen LogP contribution in [0.1, 0.15) is 59.1 Å². The third-order valence-electron chi connectivity index (χ3n) is 6.46. The molecule has 1 saturated heterocycles. The number of aromatic nitrogens is 1. The van der Waals surface area contributed by atoms with Crippen molar-refractivity contribution < 1.29 is 14.3 Å². The van der Waals surface area contributed by atoms with Crippen molar-refractivity contribution in [2.75, 3.05) is 13.2 Å². The van der Waals surface area contributed by atoms with Crippen molar-refractivity contribution in [3.63, 3.8) is 0 Å². The maximum absolute atomic E-state index is 13.3. The van der Waals surface area contributed by atoms with Crippen LogP contribution in [0.25, 0.3) is 22.6 Å². The second kappa shape index (κ2) is 8.87. The van der Waals surface area contributed by atoms with Crippen LogP contribution in [0.2, 0.25) is 0 Å². The smallest absolute Gasteiger partial charge is 0.339 e. The molecular weight excluding hydrogens is 420 g/mol. The number of carbonyl (C=O) groups is 2. The number of piperidine rings is 1. The van der Waals surface area contributed by atoms with Gasteiger partial charge in [-0.2, -0.15) is 0 Å². The molecule has 2 aliphatic rings. The van der Waals surface area contributed by atoms with Crippen molar-refractivity contribution in [2.45, 2.75) is 45.1 Å². The molecule has 3 heterocycles. The normalized spacial score (nSPS) is 19.3. The molecule has 5 nitrogen and oxygen atoms in total. The molecule has 0 unspecified atom stereocenters. The Morgan fingerprint density at radius 3 is 2.88 bits per heavy atom. The van der Waals surface area contributed by atoms with E-state index in [4.69, 9.17) is 9.72 Å². The molecule has 0 spiro atoms. The number of nitrogens with zero attached hydrogens (tertiary/aromatic N) is 2. The molecule has 3 aromatic rings. The number of esters is 1. The topological polar surface area (TPSA) is 59.5 Å². The van der Waals surface area contributed by atoms with Gasteiger partial charge >= 0.3 is 5.97 Å². The van der Waals surface area contributed by atoms with E-state index in [1.165, 1.54) is 4.88 Å². The molecule has 164 valence electrons. The van der Waals surface area contributed by atoms with Gasteiger partial charge in [0.05, 0.1) is 16.8 Å². The number of allylic oxidation sites excluding steroid dienone is 1. The summed E-state index contributed by atoms with van der Waals surface area (Å²) in [4.78, 5) is 33.9. The highest BCUT2D eigenvalue weighted by molar-refractivity contribution is 7.10. The molecule has 1 aliphatic heterocycles. The Kier molecular flexibility index (Phi) is 5.79. The average Bonchev–Trinajstić information content (AvgIpc) is 3.46. The lowest BCUT2D eigenvalue weighted by atomic mass is 10.0. The summed E-state index contributed by atoms with van der Waals surface area (Å²) < 4.78 is 5.59. The van der Waals surface area contributed by atoms with Gasteiger partial charge in [-0.15, -0.1) is 11.3 Å². The van der Waals surface area contributed by atoms with Crippen LogP contribution < -0.4 is 0 Å². The molecule has 32 heavy (non-hydrogen) atoms. The number of carbonyl (C=O) groups excluding carboxylic acids is 2. The van der Waals surface area contributed by atoms with Gasteiger partial charge in [-0.3, -0.25) is 4.79 Å². The molecule has 1 fully saturated rings. The Labute approximate surface area is 191 Å². The van der Waals surface area contributed by atoms with E-state index in [2.05, 4.69) is 24.4 Å². The molecule has 2 aromatic heterocycles. The van der Waals surface area contributed by atoms with Gasteiger partial charge in [-0.05, 0) is 73.8 Å². The number of pyridine rings is 1. The monoisotopic (exact) mass is 446 g/mol. The number of hydrogen-bond acceptors (Lipinski definition) is 5. The van der Waals surface area contributed by atoms with E-state index >= 15 is 0 Å². The molecule has 1 amide bonds. The van der Waals surface area contributed by atoms with Gasteiger partial charge in [0.15, 0.2) is 6.61 Å². The Balaban J connectivity index is 1.46. The van der Waals surface area contributed by atoms with Crippen molar-refractivity contribution in [1.82, 2.24) is 9.88 Å². The maximum atomic E-state index is 13.3. The number of thiophene rings is 1. The van der Waals surface area contributed by atoms with Crippen LogP contribution in [-0.4, -0.2) is 41.0 Å². The molecule has 0 bridgehead atoms. The average molecular weight is 447 g/mol. The molecule has 1 atom stereocenters. The first-order chi connectivity index (χ1) is 15.6. The first-order valence-corrected chi connectivity index (χ1v) is 12.1. The Hall–Kier alpha value is -2.99. The van der Waals surface area contributed by atoms with E-state index in [0.717, 1.165) is 66.4 Å². The minimum absolute atomic E-state index is 0.112. The predicted octanol–water partition coefficient (Wildman–Crippen LogP) is 5.34. The van der Waals surface area contributed by atoms with Gasteiger partial charge in [-0.25, -0.2) is 9.78 Å². The summed E-state index contributed by atoms with van der Waals surface area (Å²) in [6, 6.07) is 12.0. The first-order valence-electron chi connectivity index (χ1n) is 11.2. The zero-order chi connectivity index (χ0) is 22.1. The van der Waals surface area contributed by atoms with E-state index in [-0.39, 0.29) is 18.6 Å².